The highest BCUT2D eigenvalue weighted by Crippen LogP contribution is 2.31. The highest BCUT2D eigenvalue weighted by molar-refractivity contribution is 5.81. The molecule has 0 spiro atoms. The van der Waals surface area contributed by atoms with E-state index in [1.54, 1.807) is 0 Å². The van der Waals surface area contributed by atoms with Crippen molar-refractivity contribution in [3.8, 4) is 0 Å². The molecule has 0 aliphatic heterocycles. The van der Waals surface area contributed by atoms with Crippen LogP contribution >= 0.6 is 0 Å². The second-order valence-corrected chi connectivity index (χ2v) is 4.43. The molecule has 3 nitrogen and oxygen atoms in total. The number of amides is 1. The average molecular weight is 198 g/mol. The third-order valence-electron chi connectivity index (χ3n) is 3.11. The maximum absolute atomic E-state index is 11.5. The number of carbonyl (C=O) groups excluding carboxylic acids is 1. The van der Waals surface area contributed by atoms with E-state index in [0.717, 1.165) is 25.3 Å². The average Bonchev–Trinajstić information content (AvgIpc) is 2.99. The summed E-state index contributed by atoms with van der Waals surface area (Å²) in [5, 5.41) is 2.91. The Morgan fingerprint density at radius 1 is 1.57 bits per heavy atom. The topological polar surface area (TPSA) is 55.1 Å². The van der Waals surface area contributed by atoms with Crippen LogP contribution in [0.25, 0.3) is 0 Å². The lowest BCUT2D eigenvalue weighted by Gasteiger charge is -2.17. The van der Waals surface area contributed by atoms with Gasteiger partial charge in [0.25, 0.3) is 0 Å². The first-order valence-corrected chi connectivity index (χ1v) is 5.68. The molecule has 1 amide bonds. The Hall–Kier alpha value is -0.570. The first-order valence-electron chi connectivity index (χ1n) is 5.68. The molecule has 0 heterocycles. The van der Waals surface area contributed by atoms with Crippen molar-refractivity contribution in [3.05, 3.63) is 0 Å². The van der Waals surface area contributed by atoms with Crippen molar-refractivity contribution in [2.24, 2.45) is 17.6 Å². The molecule has 0 aromatic carbocycles. The fourth-order valence-corrected chi connectivity index (χ4v) is 1.44. The Bertz CT molecular complexity index is 190. The predicted octanol–water partition coefficient (Wildman–Crippen LogP) is 1.28. The van der Waals surface area contributed by atoms with Crippen LogP contribution in [-0.2, 0) is 4.79 Å². The lowest BCUT2D eigenvalue weighted by atomic mass is 9.99. The fraction of sp³-hybridized carbons (Fsp3) is 0.909. The molecule has 3 N–H and O–H groups in total. The molecule has 82 valence electrons. The highest BCUT2D eigenvalue weighted by atomic mass is 16.2. The lowest BCUT2D eigenvalue weighted by Crippen LogP contribution is -2.44. The van der Waals surface area contributed by atoms with E-state index in [1.165, 1.54) is 12.8 Å². The standard InChI is InChI=1S/C11H22N2O/c1-3-8(2)10(12)11(14)13-7-6-9-4-5-9/h8-10H,3-7,12H2,1-2H3,(H,13,14)/t8-,10-/m0/s1. The molecule has 0 aromatic rings. The van der Waals surface area contributed by atoms with E-state index in [4.69, 9.17) is 5.73 Å². The second kappa shape index (κ2) is 5.35. The van der Waals surface area contributed by atoms with Gasteiger partial charge in [0.2, 0.25) is 5.91 Å². The van der Waals surface area contributed by atoms with Crippen molar-refractivity contribution >= 4 is 5.91 Å². The fourth-order valence-electron chi connectivity index (χ4n) is 1.44. The van der Waals surface area contributed by atoms with Gasteiger partial charge in [0.1, 0.15) is 0 Å². The summed E-state index contributed by atoms with van der Waals surface area (Å²) >= 11 is 0. The Morgan fingerprint density at radius 3 is 2.71 bits per heavy atom. The van der Waals surface area contributed by atoms with Crippen LogP contribution in [0.4, 0.5) is 0 Å². The van der Waals surface area contributed by atoms with Crippen molar-refractivity contribution < 1.29 is 4.79 Å². The normalized spacial score (nSPS) is 20.2. The van der Waals surface area contributed by atoms with Crippen LogP contribution in [0.1, 0.15) is 39.5 Å². The smallest absolute Gasteiger partial charge is 0.237 e. The molecule has 2 atom stereocenters. The van der Waals surface area contributed by atoms with Crippen molar-refractivity contribution in [3.63, 3.8) is 0 Å². The van der Waals surface area contributed by atoms with Gasteiger partial charge in [-0.2, -0.15) is 0 Å². The molecular formula is C11H22N2O. The summed E-state index contributed by atoms with van der Waals surface area (Å²) < 4.78 is 0. The Balaban J connectivity index is 2.11. The molecule has 14 heavy (non-hydrogen) atoms. The van der Waals surface area contributed by atoms with Gasteiger partial charge in [0.15, 0.2) is 0 Å². The maximum atomic E-state index is 11.5. The number of nitrogens with two attached hydrogens (primary N) is 1. The number of carbonyl (C=O) groups is 1. The van der Waals surface area contributed by atoms with E-state index in [2.05, 4.69) is 12.2 Å². The Kier molecular flexibility index (Phi) is 4.39. The largest absolute Gasteiger partial charge is 0.355 e. The van der Waals surface area contributed by atoms with Crippen LogP contribution in [0.3, 0.4) is 0 Å². The number of hydrogen-bond donors (Lipinski definition) is 2. The summed E-state index contributed by atoms with van der Waals surface area (Å²) in [6, 6.07) is -0.334. The molecule has 1 aliphatic carbocycles. The van der Waals surface area contributed by atoms with Gasteiger partial charge >= 0.3 is 0 Å². The first kappa shape index (κ1) is 11.5. The third-order valence-corrected chi connectivity index (χ3v) is 3.11. The third kappa shape index (κ3) is 3.66. The Labute approximate surface area is 86.4 Å². The van der Waals surface area contributed by atoms with Crippen LogP contribution in [0.2, 0.25) is 0 Å². The molecule has 3 heteroatoms. The summed E-state index contributed by atoms with van der Waals surface area (Å²) in [4.78, 5) is 11.5. The molecule has 0 aromatic heterocycles. The number of rotatable bonds is 6. The maximum Gasteiger partial charge on any atom is 0.237 e. The minimum atomic E-state index is -0.334. The summed E-state index contributed by atoms with van der Waals surface area (Å²) in [5.41, 5.74) is 5.79. The van der Waals surface area contributed by atoms with Gasteiger partial charge in [0.05, 0.1) is 6.04 Å². The van der Waals surface area contributed by atoms with Crippen LogP contribution in [0.15, 0.2) is 0 Å². The van der Waals surface area contributed by atoms with Crippen LogP contribution in [-0.4, -0.2) is 18.5 Å². The molecule has 0 bridgehead atoms. The minimum Gasteiger partial charge on any atom is -0.355 e. The van der Waals surface area contributed by atoms with Crippen molar-refractivity contribution in [1.29, 1.82) is 0 Å². The lowest BCUT2D eigenvalue weighted by molar-refractivity contribution is -0.123. The summed E-state index contributed by atoms with van der Waals surface area (Å²) in [6.45, 7) is 4.88. The van der Waals surface area contributed by atoms with Crippen LogP contribution in [0.5, 0.6) is 0 Å². The van der Waals surface area contributed by atoms with Crippen molar-refractivity contribution in [2.45, 2.75) is 45.6 Å². The minimum absolute atomic E-state index is 0.0139. The van der Waals surface area contributed by atoms with Gasteiger partial charge in [-0.05, 0) is 18.3 Å². The van der Waals surface area contributed by atoms with Crippen molar-refractivity contribution in [2.75, 3.05) is 6.54 Å². The van der Waals surface area contributed by atoms with Crippen molar-refractivity contribution in [1.82, 2.24) is 5.32 Å². The van der Waals surface area contributed by atoms with Gasteiger partial charge < -0.3 is 11.1 Å². The van der Waals surface area contributed by atoms with Gasteiger partial charge in [-0.25, -0.2) is 0 Å². The molecule has 0 radical (unpaired) electrons. The molecular weight excluding hydrogens is 176 g/mol. The zero-order valence-electron chi connectivity index (χ0n) is 9.25. The summed E-state index contributed by atoms with van der Waals surface area (Å²) in [7, 11) is 0. The van der Waals surface area contributed by atoms with Gasteiger partial charge in [-0.1, -0.05) is 33.1 Å². The predicted molar refractivity (Wildman–Crippen MR) is 57.8 cm³/mol. The first-order chi connectivity index (χ1) is 6.65. The SMILES string of the molecule is CC[C@H](C)[C@H](N)C(=O)NCCC1CC1. The van der Waals surface area contributed by atoms with Gasteiger partial charge in [-0.3, -0.25) is 4.79 Å². The zero-order valence-corrected chi connectivity index (χ0v) is 9.25. The van der Waals surface area contributed by atoms with E-state index < -0.39 is 0 Å². The van der Waals surface area contributed by atoms with E-state index in [0.29, 0.717) is 0 Å². The van der Waals surface area contributed by atoms with E-state index in [9.17, 15) is 4.79 Å². The molecule has 1 saturated carbocycles. The van der Waals surface area contributed by atoms with Crippen LogP contribution < -0.4 is 11.1 Å². The number of nitrogens with one attached hydrogen (secondary N) is 1. The number of hydrogen-bond acceptors (Lipinski definition) is 2. The molecule has 0 saturated heterocycles. The zero-order chi connectivity index (χ0) is 10.6. The van der Waals surface area contributed by atoms with Gasteiger partial charge in [-0.15, -0.1) is 0 Å². The second-order valence-electron chi connectivity index (χ2n) is 4.43. The van der Waals surface area contributed by atoms with Gasteiger partial charge in [0, 0.05) is 6.54 Å². The molecule has 0 unspecified atom stereocenters. The summed E-state index contributed by atoms with van der Waals surface area (Å²) in [5.74, 6) is 1.16. The molecule has 1 aliphatic rings. The van der Waals surface area contributed by atoms with E-state index >= 15 is 0 Å². The van der Waals surface area contributed by atoms with Crippen LogP contribution in [0, 0.1) is 11.8 Å². The summed E-state index contributed by atoms with van der Waals surface area (Å²) in [6.07, 6.45) is 4.76. The quantitative estimate of drug-likeness (QED) is 0.675. The monoisotopic (exact) mass is 198 g/mol. The van der Waals surface area contributed by atoms with E-state index in [-0.39, 0.29) is 17.9 Å². The molecule has 1 fully saturated rings. The highest BCUT2D eigenvalue weighted by Gasteiger charge is 2.22. The molecule has 1 rings (SSSR count). The Morgan fingerprint density at radius 2 is 2.21 bits per heavy atom. The van der Waals surface area contributed by atoms with E-state index in [1.807, 2.05) is 6.92 Å².